The van der Waals surface area contributed by atoms with Gasteiger partial charge in [0.25, 0.3) is 0 Å². The van der Waals surface area contributed by atoms with E-state index in [1.807, 2.05) is 0 Å². The van der Waals surface area contributed by atoms with E-state index in [0.717, 1.165) is 0 Å². The lowest BCUT2D eigenvalue weighted by Crippen LogP contribution is -2.60. The van der Waals surface area contributed by atoms with Crippen molar-refractivity contribution in [1.82, 2.24) is 0 Å². The summed E-state index contributed by atoms with van der Waals surface area (Å²) in [5, 5.41) is 0. The maximum Gasteiger partial charge on any atom is 0.0102 e. The van der Waals surface area contributed by atoms with E-state index in [1.165, 1.54) is 44.9 Å². The second-order valence-electron chi connectivity index (χ2n) is 10.2. The van der Waals surface area contributed by atoms with Gasteiger partial charge in [-0.05, 0) is 80.5 Å². The fraction of sp³-hybridized carbons (Fsp3) is 1.00. The molecule has 1 heteroatoms. The molecule has 0 heterocycles. The lowest BCUT2D eigenvalue weighted by Gasteiger charge is -2.70. The predicted molar refractivity (Wildman–Crippen MR) is 77.3 cm³/mol. The highest BCUT2D eigenvalue weighted by Gasteiger charge is 2.64. The van der Waals surface area contributed by atoms with Gasteiger partial charge in [0, 0.05) is 5.54 Å². The molecule has 4 bridgehead atoms. The molecule has 4 aliphatic rings. The van der Waals surface area contributed by atoms with Crippen LogP contribution in [0, 0.1) is 21.7 Å². The molecule has 0 saturated heterocycles. The second-order valence-corrected chi connectivity index (χ2v) is 10.2. The van der Waals surface area contributed by atoms with Crippen molar-refractivity contribution >= 4 is 0 Å². The van der Waals surface area contributed by atoms with Crippen molar-refractivity contribution in [1.29, 1.82) is 0 Å². The highest BCUT2D eigenvalue weighted by Crippen LogP contribution is 2.74. The monoisotopic (exact) mass is 249 g/mol. The zero-order chi connectivity index (χ0) is 13.4. The van der Waals surface area contributed by atoms with Gasteiger partial charge in [-0.3, -0.25) is 0 Å². The first kappa shape index (κ1) is 13.0. The number of rotatable bonds is 2. The summed E-state index contributed by atoms with van der Waals surface area (Å²) in [6.45, 7) is 12.1. The third-order valence-corrected chi connectivity index (χ3v) is 5.80. The van der Waals surface area contributed by atoms with Crippen LogP contribution in [0.25, 0.3) is 0 Å². The molecule has 0 unspecified atom stereocenters. The Bertz CT molecular complexity index is 316. The highest BCUT2D eigenvalue weighted by atomic mass is 14.8. The van der Waals surface area contributed by atoms with E-state index in [4.69, 9.17) is 5.73 Å². The topological polar surface area (TPSA) is 26.0 Å². The normalized spacial score (nSPS) is 55.0. The summed E-state index contributed by atoms with van der Waals surface area (Å²) in [5.74, 6) is 0. The Morgan fingerprint density at radius 1 is 0.778 bits per heavy atom. The van der Waals surface area contributed by atoms with Gasteiger partial charge < -0.3 is 5.73 Å². The van der Waals surface area contributed by atoms with Crippen LogP contribution >= 0.6 is 0 Å². The van der Waals surface area contributed by atoms with Gasteiger partial charge in [0.2, 0.25) is 0 Å². The van der Waals surface area contributed by atoms with Crippen molar-refractivity contribution in [3.05, 3.63) is 0 Å². The molecule has 4 fully saturated rings. The van der Waals surface area contributed by atoms with Crippen LogP contribution in [-0.2, 0) is 0 Å². The van der Waals surface area contributed by atoms with Crippen molar-refractivity contribution < 1.29 is 0 Å². The Morgan fingerprint density at radius 3 is 1.39 bits per heavy atom. The summed E-state index contributed by atoms with van der Waals surface area (Å²) in [4.78, 5) is 0. The third-order valence-electron chi connectivity index (χ3n) is 5.80. The maximum atomic E-state index is 6.39. The van der Waals surface area contributed by atoms with Gasteiger partial charge in [-0.1, -0.05) is 20.8 Å². The van der Waals surface area contributed by atoms with E-state index in [1.54, 1.807) is 0 Å². The molecule has 0 aromatic carbocycles. The van der Waals surface area contributed by atoms with Gasteiger partial charge in [-0.25, -0.2) is 0 Å². The van der Waals surface area contributed by atoms with Crippen LogP contribution < -0.4 is 5.73 Å². The first-order chi connectivity index (χ1) is 7.95. The largest absolute Gasteiger partial charge is 0.326 e. The molecule has 0 spiro atoms. The lowest BCUT2D eigenvalue weighted by molar-refractivity contribution is -0.189. The SMILES string of the molecule is CC(C)(N)CC12CC3(C)CC(C)(CC(C)(C3)C1)C2. The van der Waals surface area contributed by atoms with Crippen LogP contribution in [0.1, 0.15) is 79.6 Å². The minimum absolute atomic E-state index is 0.00521. The summed E-state index contributed by atoms with van der Waals surface area (Å²) >= 11 is 0. The molecule has 4 rings (SSSR count). The molecular weight excluding hydrogens is 218 g/mol. The van der Waals surface area contributed by atoms with Crippen molar-refractivity contribution in [3.8, 4) is 0 Å². The lowest BCUT2D eigenvalue weighted by atomic mass is 9.35. The van der Waals surface area contributed by atoms with Gasteiger partial charge >= 0.3 is 0 Å². The maximum absolute atomic E-state index is 6.39. The first-order valence-corrected chi connectivity index (χ1v) is 7.74. The second kappa shape index (κ2) is 3.16. The van der Waals surface area contributed by atoms with E-state index in [9.17, 15) is 0 Å². The standard InChI is InChI=1S/C17H31N/c1-13(2,18)6-17-10-14(3)7-15(4,11-17)9-16(5,8-14)12-17/h6-12,18H2,1-5H3. The average Bonchev–Trinajstić information content (AvgIpc) is 1.84. The van der Waals surface area contributed by atoms with Crippen molar-refractivity contribution in [3.63, 3.8) is 0 Å². The molecule has 1 nitrogen and oxygen atoms in total. The fourth-order valence-corrected chi connectivity index (χ4v) is 7.71. The number of hydrogen-bond acceptors (Lipinski definition) is 1. The van der Waals surface area contributed by atoms with Crippen LogP contribution in [0.3, 0.4) is 0 Å². The minimum atomic E-state index is -0.00521. The van der Waals surface area contributed by atoms with E-state index < -0.39 is 0 Å². The third kappa shape index (κ3) is 2.03. The Kier molecular flexibility index (Phi) is 2.28. The molecule has 0 radical (unpaired) electrons. The van der Waals surface area contributed by atoms with Crippen LogP contribution in [-0.4, -0.2) is 5.54 Å². The molecule has 18 heavy (non-hydrogen) atoms. The van der Waals surface area contributed by atoms with Gasteiger partial charge in [-0.2, -0.15) is 0 Å². The molecule has 104 valence electrons. The van der Waals surface area contributed by atoms with Crippen LogP contribution in [0.5, 0.6) is 0 Å². The summed E-state index contributed by atoms with van der Waals surface area (Å²) < 4.78 is 0. The zero-order valence-electron chi connectivity index (χ0n) is 13.0. The smallest absolute Gasteiger partial charge is 0.0102 e. The van der Waals surface area contributed by atoms with Crippen molar-refractivity contribution in [2.75, 3.05) is 0 Å². The Balaban J connectivity index is 1.98. The Labute approximate surface area is 113 Å². The molecule has 4 aliphatic carbocycles. The highest BCUT2D eigenvalue weighted by molar-refractivity contribution is 5.15. The van der Waals surface area contributed by atoms with E-state index >= 15 is 0 Å². The molecule has 2 N–H and O–H groups in total. The molecule has 0 aromatic heterocycles. The van der Waals surface area contributed by atoms with E-state index in [0.29, 0.717) is 21.7 Å². The predicted octanol–water partition coefficient (Wildman–Crippen LogP) is 4.50. The van der Waals surface area contributed by atoms with Crippen LogP contribution in [0.15, 0.2) is 0 Å². The molecule has 0 atom stereocenters. The zero-order valence-corrected chi connectivity index (χ0v) is 13.0. The summed E-state index contributed by atoms with van der Waals surface area (Å²) in [6, 6.07) is 0. The number of hydrogen-bond donors (Lipinski definition) is 1. The minimum Gasteiger partial charge on any atom is -0.326 e. The van der Waals surface area contributed by atoms with Gasteiger partial charge in [0.05, 0.1) is 0 Å². The summed E-state index contributed by atoms with van der Waals surface area (Å²) in [7, 11) is 0. The molecular formula is C17H31N. The van der Waals surface area contributed by atoms with E-state index in [-0.39, 0.29) is 5.54 Å². The van der Waals surface area contributed by atoms with Crippen LogP contribution in [0.2, 0.25) is 0 Å². The van der Waals surface area contributed by atoms with Crippen molar-refractivity contribution in [2.24, 2.45) is 27.4 Å². The van der Waals surface area contributed by atoms with Crippen molar-refractivity contribution in [2.45, 2.75) is 85.1 Å². The molecule has 0 aromatic rings. The summed E-state index contributed by atoms with van der Waals surface area (Å²) in [5.41, 5.74) is 8.73. The van der Waals surface area contributed by atoms with Gasteiger partial charge in [-0.15, -0.1) is 0 Å². The Hall–Kier alpha value is -0.0400. The van der Waals surface area contributed by atoms with Gasteiger partial charge in [0.1, 0.15) is 0 Å². The molecule has 0 amide bonds. The fourth-order valence-electron chi connectivity index (χ4n) is 7.71. The van der Waals surface area contributed by atoms with Gasteiger partial charge in [0.15, 0.2) is 0 Å². The Morgan fingerprint density at radius 2 is 1.11 bits per heavy atom. The first-order valence-electron chi connectivity index (χ1n) is 7.74. The van der Waals surface area contributed by atoms with E-state index in [2.05, 4.69) is 34.6 Å². The molecule has 4 saturated carbocycles. The number of nitrogens with two attached hydrogens (primary N) is 1. The average molecular weight is 249 g/mol. The quantitative estimate of drug-likeness (QED) is 0.766. The molecule has 0 aliphatic heterocycles. The summed E-state index contributed by atoms with van der Waals surface area (Å²) in [6.07, 6.45) is 9.91. The van der Waals surface area contributed by atoms with Crippen LogP contribution in [0.4, 0.5) is 0 Å².